The van der Waals surface area contributed by atoms with E-state index in [0.717, 1.165) is 11.1 Å². The molecule has 0 aliphatic carbocycles. The number of fused-ring (bicyclic) bond motifs is 2. The summed E-state index contributed by atoms with van der Waals surface area (Å²) in [6.07, 6.45) is 2.38. The highest BCUT2D eigenvalue weighted by Crippen LogP contribution is 2.32. The summed E-state index contributed by atoms with van der Waals surface area (Å²) in [6.45, 7) is 7.91. The molecule has 2 saturated heterocycles. The summed E-state index contributed by atoms with van der Waals surface area (Å²) in [5, 5.41) is 24.4. The number of benzene rings is 2. The topological polar surface area (TPSA) is 279 Å². The summed E-state index contributed by atoms with van der Waals surface area (Å²) in [7, 11) is 3.00. The van der Waals surface area contributed by atoms with Crippen LogP contribution in [0.25, 0.3) is 11.5 Å². The van der Waals surface area contributed by atoms with E-state index in [0.29, 0.717) is 136 Å². The van der Waals surface area contributed by atoms with Gasteiger partial charge >= 0.3 is 5.97 Å². The van der Waals surface area contributed by atoms with Crippen LogP contribution in [-0.2, 0) is 27.5 Å². The molecule has 22 heteroatoms. The van der Waals surface area contributed by atoms with Crippen molar-refractivity contribution in [1.82, 2.24) is 39.7 Å². The van der Waals surface area contributed by atoms with Crippen LogP contribution in [0.5, 0.6) is 23.3 Å². The molecule has 380 valence electrons. The number of aromatic nitrogens is 4. The van der Waals surface area contributed by atoms with Crippen molar-refractivity contribution in [2.24, 2.45) is 16.8 Å². The van der Waals surface area contributed by atoms with E-state index in [2.05, 4.69) is 25.3 Å². The van der Waals surface area contributed by atoms with Gasteiger partial charge in [0.2, 0.25) is 23.5 Å². The van der Waals surface area contributed by atoms with Crippen LogP contribution >= 0.6 is 0 Å². The molecule has 5 aromatic rings. The Balaban J connectivity index is 0.000000175. The highest BCUT2D eigenvalue weighted by atomic mass is 16.5. The van der Waals surface area contributed by atoms with E-state index in [1.165, 1.54) is 14.2 Å². The van der Waals surface area contributed by atoms with E-state index in [4.69, 9.17) is 39.5 Å². The minimum Gasteiger partial charge on any atom is -0.488 e. The van der Waals surface area contributed by atoms with Gasteiger partial charge in [-0.1, -0.05) is 46.7 Å². The molecule has 4 aliphatic heterocycles. The lowest BCUT2D eigenvalue weighted by molar-refractivity contribution is -0.145. The number of rotatable bonds is 14. The van der Waals surface area contributed by atoms with Gasteiger partial charge in [-0.15, -0.1) is 0 Å². The van der Waals surface area contributed by atoms with Crippen LogP contribution in [0.2, 0.25) is 0 Å². The first-order valence-electron chi connectivity index (χ1n) is 23.6. The van der Waals surface area contributed by atoms with Gasteiger partial charge in [-0.3, -0.25) is 24.0 Å². The third kappa shape index (κ3) is 12.2. The number of piperidine rings is 2. The van der Waals surface area contributed by atoms with Crippen LogP contribution in [0, 0.1) is 5.92 Å². The van der Waals surface area contributed by atoms with Crippen LogP contribution in [0.3, 0.4) is 0 Å². The monoisotopic (exact) mass is 990 g/mol. The molecule has 4 aliphatic rings. The third-order valence-electron chi connectivity index (χ3n) is 12.5. The molecule has 4 amide bonds. The van der Waals surface area contributed by atoms with Crippen LogP contribution in [0.15, 0.2) is 82.5 Å². The van der Waals surface area contributed by atoms with Crippen molar-refractivity contribution >= 4 is 35.4 Å². The second kappa shape index (κ2) is 24.0. The molecule has 2 aromatic carbocycles. The molecule has 0 radical (unpaired) electrons. The molecule has 22 nitrogen and oxygen atoms in total. The zero-order valence-corrected chi connectivity index (χ0v) is 40.6. The van der Waals surface area contributed by atoms with Crippen LogP contribution in [-0.4, -0.2) is 152 Å². The lowest BCUT2D eigenvalue weighted by atomic mass is 9.96. The first-order chi connectivity index (χ1) is 34.8. The number of amidine groups is 1. The fourth-order valence-corrected chi connectivity index (χ4v) is 8.66. The van der Waals surface area contributed by atoms with Crippen molar-refractivity contribution < 1.29 is 57.8 Å². The number of nitrogens with two attached hydrogens (primary N) is 1. The number of amides is 4. The Labute approximate surface area is 415 Å². The van der Waals surface area contributed by atoms with Crippen molar-refractivity contribution in [1.29, 1.82) is 0 Å². The van der Waals surface area contributed by atoms with E-state index in [9.17, 15) is 24.0 Å². The fourth-order valence-electron chi connectivity index (χ4n) is 8.66. The van der Waals surface area contributed by atoms with E-state index in [-0.39, 0.29) is 54.4 Å². The van der Waals surface area contributed by atoms with Gasteiger partial charge in [0.25, 0.3) is 23.6 Å². The zero-order valence-electron chi connectivity index (χ0n) is 40.6. The quantitative estimate of drug-likeness (QED) is 0.0600. The Kier molecular flexibility index (Phi) is 17.2. The van der Waals surface area contributed by atoms with Gasteiger partial charge in [0, 0.05) is 56.3 Å². The summed E-state index contributed by atoms with van der Waals surface area (Å²) in [5.74, 6) is 1.16. The summed E-state index contributed by atoms with van der Waals surface area (Å²) in [4.78, 5) is 80.5. The molecule has 3 aromatic heterocycles. The lowest BCUT2D eigenvalue weighted by Crippen LogP contribution is -2.45. The van der Waals surface area contributed by atoms with Gasteiger partial charge in [0.05, 0.1) is 33.4 Å². The third-order valence-corrected chi connectivity index (χ3v) is 12.5. The van der Waals surface area contributed by atoms with Gasteiger partial charge in [-0.05, 0) is 87.1 Å². The van der Waals surface area contributed by atoms with Crippen LogP contribution in [0.4, 0.5) is 0 Å². The summed E-state index contributed by atoms with van der Waals surface area (Å²) in [5.41, 5.74) is 9.52. The molecule has 0 bridgehead atoms. The number of hydrogen-bond donors (Lipinski definition) is 3. The molecule has 0 atom stereocenters. The number of ether oxygens (including phenoxy) is 4. The minimum atomic E-state index is -0.794. The van der Waals surface area contributed by atoms with E-state index >= 15 is 0 Å². The number of likely N-dealkylation sites (tertiary alicyclic amines) is 2. The number of pyridine rings is 2. The van der Waals surface area contributed by atoms with Gasteiger partial charge in [0.15, 0.2) is 17.3 Å². The average molecular weight is 991 g/mol. The number of hydrogen-bond acceptors (Lipinski definition) is 16. The van der Waals surface area contributed by atoms with Gasteiger partial charge in [-0.25, -0.2) is 9.97 Å². The first-order valence-corrected chi connectivity index (χ1v) is 23.6. The van der Waals surface area contributed by atoms with E-state index < -0.39 is 5.97 Å². The number of aliphatic carboxylic acids is 1. The summed E-state index contributed by atoms with van der Waals surface area (Å²) < 4.78 is 26.6. The maximum absolute atomic E-state index is 12.9. The Morgan fingerprint density at radius 3 is 1.69 bits per heavy atom. The highest BCUT2D eigenvalue weighted by Gasteiger charge is 2.34. The van der Waals surface area contributed by atoms with Gasteiger partial charge in [0.1, 0.15) is 24.5 Å². The predicted octanol–water partition coefficient (Wildman–Crippen LogP) is 4.45. The Morgan fingerprint density at radius 2 is 1.21 bits per heavy atom. The van der Waals surface area contributed by atoms with Crippen molar-refractivity contribution in [3.05, 3.63) is 107 Å². The number of carbonyl (C=O) groups is 5. The standard InChI is InChI=1S/C25H27N5O5.C16H18N2O4.C9H13N3O3/c1-3-34-20-9-8-19(26-24(20)33-2)22-27-23(35-28-22)16-10-12-29(13-11-16)21(31)15-30-14-17-6-4-5-7-18(17)25(30)32;19-14(17-7-5-11(6-8-17)16(21)22)10-18-9-12-3-1-2-4-13(12)15(18)20;1-3-15-7-5-4-6(8(10)12-13)11-9(7)14-2/h4-9,16H,3,10-15H2,1-2H3;1-4,11H,5-10H2,(H,21,22);4-5,13H,3H2,1-2H3,(H2,10,12). The number of methoxy groups -OCH3 is 2. The number of carboxylic acid groups (broad SMARTS) is 1. The van der Waals surface area contributed by atoms with Crippen molar-refractivity contribution in [3.63, 3.8) is 0 Å². The fraction of sp³-hybridized carbons (Fsp3) is 0.400. The maximum Gasteiger partial charge on any atom is 0.306 e. The summed E-state index contributed by atoms with van der Waals surface area (Å²) >= 11 is 0. The molecular weight excluding hydrogens is 933 g/mol. The lowest BCUT2D eigenvalue weighted by Gasteiger charge is -2.31. The molecule has 0 unspecified atom stereocenters. The molecule has 72 heavy (non-hydrogen) atoms. The molecule has 2 fully saturated rings. The zero-order chi connectivity index (χ0) is 51.3. The van der Waals surface area contributed by atoms with Crippen molar-refractivity contribution in [2.45, 2.75) is 58.5 Å². The average Bonchev–Trinajstić information content (AvgIpc) is 4.12. The van der Waals surface area contributed by atoms with Crippen molar-refractivity contribution in [3.8, 4) is 34.8 Å². The predicted molar refractivity (Wildman–Crippen MR) is 258 cm³/mol. The molecular formula is C50H58N10O12. The maximum atomic E-state index is 12.9. The van der Waals surface area contributed by atoms with Gasteiger partial charge in [-0.2, -0.15) is 4.98 Å². The number of nitrogens with zero attached hydrogens (tertiary/aromatic N) is 9. The minimum absolute atomic E-state index is 0.0403. The second-order valence-corrected chi connectivity index (χ2v) is 17.0. The van der Waals surface area contributed by atoms with Crippen LogP contribution < -0.4 is 24.7 Å². The van der Waals surface area contributed by atoms with Gasteiger partial charge < -0.3 is 59.1 Å². The Bertz CT molecular complexity index is 2770. The van der Waals surface area contributed by atoms with Crippen LogP contribution in [0.1, 0.15) is 88.9 Å². The SMILES string of the molecule is CCOc1ccc(-c2noc(C3CCN(C(=O)CN4Cc5ccccc5C4=O)CC3)n2)nc1OC.CCOc1ccc(/C(N)=N/O)nc1OC.O=C(O)C1CCN(C(=O)CN2Cc3ccccc3C2=O)CC1. The van der Waals surface area contributed by atoms with E-state index in [1.54, 1.807) is 45.0 Å². The molecule has 9 rings (SSSR count). The number of carbonyl (C=O) groups excluding carboxylic acids is 4. The first kappa shape index (κ1) is 51.5. The number of carboxylic acids is 1. The Morgan fingerprint density at radius 1 is 0.708 bits per heavy atom. The molecule has 7 heterocycles. The second-order valence-electron chi connectivity index (χ2n) is 17.0. The molecule has 4 N–H and O–H groups in total. The number of oxime groups is 1. The normalized spacial score (nSPS) is 15.7. The highest BCUT2D eigenvalue weighted by molar-refractivity contribution is 6.01. The largest absolute Gasteiger partial charge is 0.488 e. The molecule has 0 saturated carbocycles. The smallest absolute Gasteiger partial charge is 0.306 e. The van der Waals surface area contributed by atoms with Crippen molar-refractivity contribution in [2.75, 3.05) is 66.7 Å². The summed E-state index contributed by atoms with van der Waals surface area (Å²) in [6, 6.07) is 21.7. The molecule has 0 spiro atoms. The Hall–Kier alpha value is -8.30. The van der Waals surface area contributed by atoms with E-state index in [1.807, 2.05) is 61.2 Å².